The zero-order valence-corrected chi connectivity index (χ0v) is 18.0. The van der Waals surface area contributed by atoms with Crippen LogP contribution in [0.1, 0.15) is 37.6 Å². The predicted octanol–water partition coefficient (Wildman–Crippen LogP) is 3.31. The first kappa shape index (κ1) is 21.2. The fourth-order valence-electron chi connectivity index (χ4n) is 3.65. The highest BCUT2D eigenvalue weighted by molar-refractivity contribution is 5.80. The summed E-state index contributed by atoms with van der Waals surface area (Å²) in [4.78, 5) is 12.9. The van der Waals surface area contributed by atoms with Crippen LogP contribution in [0.25, 0.3) is 22.5 Å². The van der Waals surface area contributed by atoms with E-state index in [1.54, 1.807) is 9.25 Å². The lowest BCUT2D eigenvalue weighted by Crippen LogP contribution is -2.26. The number of unbranched alkanes of at least 4 members (excludes halogenated alkanes) is 1. The Hall–Kier alpha value is -3.99. The lowest BCUT2D eigenvalue weighted by Gasteiger charge is -2.09. The summed E-state index contributed by atoms with van der Waals surface area (Å²) in [5.74, 6) is 3.99. The number of aromatic amines is 1. The van der Waals surface area contributed by atoms with Crippen LogP contribution in [0.4, 0.5) is 0 Å². The summed E-state index contributed by atoms with van der Waals surface area (Å²) >= 11 is 0. The number of aromatic nitrogens is 7. The lowest BCUT2D eigenvalue weighted by atomic mass is 9.98. The molecule has 0 saturated heterocycles. The normalized spacial score (nSPS) is 10.9. The summed E-state index contributed by atoms with van der Waals surface area (Å²) in [6, 6.07) is 16.1. The van der Waals surface area contributed by atoms with Gasteiger partial charge in [-0.2, -0.15) is 5.10 Å². The molecule has 0 aliphatic carbocycles. The first-order valence-electron chi connectivity index (χ1n) is 10.7. The van der Waals surface area contributed by atoms with Gasteiger partial charge < -0.3 is 0 Å². The minimum atomic E-state index is -0.0855. The van der Waals surface area contributed by atoms with Crippen molar-refractivity contribution < 1.29 is 0 Å². The van der Waals surface area contributed by atoms with Crippen LogP contribution in [-0.4, -0.2) is 35.0 Å². The molecule has 0 amide bonds. The van der Waals surface area contributed by atoms with Crippen LogP contribution in [0, 0.1) is 12.3 Å². The molecule has 8 heteroatoms. The zero-order chi connectivity index (χ0) is 22.3. The molecule has 0 bridgehead atoms. The molecular weight excluding hydrogens is 402 g/mol. The second kappa shape index (κ2) is 9.88. The Morgan fingerprint density at radius 3 is 2.56 bits per heavy atom. The smallest absolute Gasteiger partial charge is 0.274 e. The van der Waals surface area contributed by atoms with Crippen molar-refractivity contribution in [1.29, 1.82) is 0 Å². The summed E-state index contributed by atoms with van der Waals surface area (Å²) in [6.07, 6.45) is 8.50. The third kappa shape index (κ3) is 4.52. The summed E-state index contributed by atoms with van der Waals surface area (Å²) in [5.41, 5.74) is 3.93. The van der Waals surface area contributed by atoms with Gasteiger partial charge in [0.2, 0.25) is 0 Å². The van der Waals surface area contributed by atoms with Gasteiger partial charge in [0.25, 0.3) is 0 Å². The molecule has 2 aromatic carbocycles. The van der Waals surface area contributed by atoms with E-state index < -0.39 is 0 Å². The highest BCUT2D eigenvalue weighted by Gasteiger charge is 2.14. The summed E-state index contributed by atoms with van der Waals surface area (Å²) in [7, 11) is 0. The van der Waals surface area contributed by atoms with E-state index >= 15 is 0 Å². The summed E-state index contributed by atoms with van der Waals surface area (Å²) in [5, 5.41) is 18.7. The van der Waals surface area contributed by atoms with Crippen LogP contribution in [0.2, 0.25) is 0 Å². The first-order valence-corrected chi connectivity index (χ1v) is 10.7. The van der Waals surface area contributed by atoms with Gasteiger partial charge in [-0.05, 0) is 33.5 Å². The highest BCUT2D eigenvalue weighted by atomic mass is 16.2. The van der Waals surface area contributed by atoms with Gasteiger partial charge in [0.05, 0.1) is 6.54 Å². The average molecular weight is 428 g/mol. The van der Waals surface area contributed by atoms with Crippen molar-refractivity contribution >= 4 is 0 Å². The molecule has 0 unspecified atom stereocenters. The minimum Gasteiger partial charge on any atom is -0.274 e. The number of rotatable bonds is 9. The molecule has 0 aliphatic rings. The van der Waals surface area contributed by atoms with Crippen LogP contribution in [-0.2, 0) is 19.5 Å². The Labute approximate surface area is 186 Å². The molecule has 0 saturated carbocycles. The average Bonchev–Trinajstić information content (AvgIpc) is 3.46. The lowest BCUT2D eigenvalue weighted by molar-refractivity contribution is 0.544. The van der Waals surface area contributed by atoms with Crippen molar-refractivity contribution in [1.82, 2.24) is 35.0 Å². The molecule has 0 spiro atoms. The number of terminal acetylenes is 1. The summed E-state index contributed by atoms with van der Waals surface area (Å²) < 4.78 is 3.29. The monoisotopic (exact) mass is 427 g/mol. The molecule has 0 fully saturated rings. The largest absolute Gasteiger partial charge is 0.346 e. The number of nitrogens with one attached hydrogen (secondary N) is 1. The SMILES string of the molecule is C#CCCc1nn(CCCC)c(=O)n1Cc1ccc(-c2ccccc2-c2nnn[nH]2)cc1. The van der Waals surface area contributed by atoms with E-state index in [-0.39, 0.29) is 5.69 Å². The summed E-state index contributed by atoms with van der Waals surface area (Å²) in [6.45, 7) is 3.18. The molecule has 8 nitrogen and oxygen atoms in total. The number of nitrogens with zero attached hydrogens (tertiary/aromatic N) is 6. The molecule has 4 aromatic rings. The molecule has 162 valence electrons. The quantitative estimate of drug-likeness (QED) is 0.414. The molecule has 0 atom stereocenters. The van der Waals surface area contributed by atoms with Crippen molar-refractivity contribution in [3.8, 4) is 34.9 Å². The van der Waals surface area contributed by atoms with Crippen molar-refractivity contribution in [3.63, 3.8) is 0 Å². The van der Waals surface area contributed by atoms with Crippen LogP contribution < -0.4 is 5.69 Å². The van der Waals surface area contributed by atoms with Crippen LogP contribution in [0.3, 0.4) is 0 Å². The Balaban J connectivity index is 1.61. The van der Waals surface area contributed by atoms with Crippen LogP contribution >= 0.6 is 0 Å². The molecule has 4 rings (SSSR count). The van der Waals surface area contributed by atoms with E-state index in [1.807, 2.05) is 48.5 Å². The number of H-pyrrole nitrogens is 1. The standard InChI is InChI=1S/C24H25N7O/c1-3-5-11-22-27-31(16-6-4-2)24(32)30(22)17-18-12-14-19(15-13-18)20-9-7-8-10-21(20)23-25-28-29-26-23/h1,7-10,12-15H,4-6,11,16-17H2,2H3,(H,25,26,28,29). The number of hydrogen-bond acceptors (Lipinski definition) is 5. The number of hydrogen-bond donors (Lipinski definition) is 1. The van der Waals surface area contributed by atoms with Crippen molar-refractivity contribution in [2.75, 3.05) is 0 Å². The second-order valence-corrected chi connectivity index (χ2v) is 7.56. The van der Waals surface area contributed by atoms with Crippen molar-refractivity contribution in [3.05, 3.63) is 70.4 Å². The predicted molar refractivity (Wildman–Crippen MR) is 123 cm³/mol. The Morgan fingerprint density at radius 2 is 1.88 bits per heavy atom. The Morgan fingerprint density at radius 1 is 1.09 bits per heavy atom. The van der Waals surface area contributed by atoms with Crippen molar-refractivity contribution in [2.45, 2.75) is 45.7 Å². The minimum absolute atomic E-state index is 0.0855. The molecule has 0 radical (unpaired) electrons. The molecule has 1 N–H and O–H groups in total. The number of tetrazole rings is 1. The van der Waals surface area contributed by atoms with E-state index in [1.165, 1.54) is 0 Å². The first-order chi connectivity index (χ1) is 15.7. The number of benzene rings is 2. The van der Waals surface area contributed by atoms with Gasteiger partial charge in [-0.1, -0.05) is 61.9 Å². The topological polar surface area (TPSA) is 94.3 Å². The van der Waals surface area contributed by atoms with Gasteiger partial charge in [0, 0.05) is 24.9 Å². The maximum atomic E-state index is 12.9. The van der Waals surface area contributed by atoms with Gasteiger partial charge in [0.1, 0.15) is 5.82 Å². The molecule has 2 aromatic heterocycles. The van der Waals surface area contributed by atoms with E-state index in [0.29, 0.717) is 31.8 Å². The zero-order valence-electron chi connectivity index (χ0n) is 18.0. The van der Waals surface area contributed by atoms with Gasteiger partial charge in [0.15, 0.2) is 5.82 Å². The van der Waals surface area contributed by atoms with E-state index in [2.05, 4.69) is 38.6 Å². The molecule has 32 heavy (non-hydrogen) atoms. The third-order valence-corrected chi connectivity index (χ3v) is 5.35. The van der Waals surface area contributed by atoms with E-state index in [4.69, 9.17) is 6.42 Å². The Kier molecular flexibility index (Phi) is 6.56. The Bertz CT molecular complexity index is 1260. The van der Waals surface area contributed by atoms with E-state index in [0.717, 1.165) is 40.9 Å². The fraction of sp³-hybridized carbons (Fsp3) is 0.292. The molecule has 0 aliphatic heterocycles. The van der Waals surface area contributed by atoms with Gasteiger partial charge in [-0.3, -0.25) is 4.57 Å². The van der Waals surface area contributed by atoms with E-state index in [9.17, 15) is 4.79 Å². The second-order valence-electron chi connectivity index (χ2n) is 7.56. The fourth-order valence-corrected chi connectivity index (χ4v) is 3.65. The van der Waals surface area contributed by atoms with Crippen LogP contribution in [0.15, 0.2) is 53.3 Å². The van der Waals surface area contributed by atoms with Crippen molar-refractivity contribution in [2.24, 2.45) is 0 Å². The molecule has 2 heterocycles. The van der Waals surface area contributed by atoms with Gasteiger partial charge in [-0.15, -0.1) is 17.4 Å². The maximum Gasteiger partial charge on any atom is 0.346 e. The number of aryl methyl sites for hydroxylation is 2. The highest BCUT2D eigenvalue weighted by Crippen LogP contribution is 2.29. The molecular formula is C24H25N7O. The maximum absolute atomic E-state index is 12.9. The van der Waals surface area contributed by atoms with Gasteiger partial charge in [-0.25, -0.2) is 14.6 Å². The van der Waals surface area contributed by atoms with Crippen LogP contribution in [0.5, 0.6) is 0 Å². The van der Waals surface area contributed by atoms with Gasteiger partial charge >= 0.3 is 5.69 Å². The third-order valence-electron chi connectivity index (χ3n) is 5.35.